The van der Waals surface area contributed by atoms with E-state index in [0.29, 0.717) is 42.8 Å². The number of ketones is 1. The third-order valence-electron chi connectivity index (χ3n) is 9.99. The second kappa shape index (κ2) is 19.8. The van der Waals surface area contributed by atoms with Crippen LogP contribution in [-0.4, -0.2) is 71.2 Å². The Hall–Kier alpha value is -4.19. The second-order valence-corrected chi connectivity index (χ2v) is 16.0. The molecule has 56 heavy (non-hydrogen) atoms. The highest BCUT2D eigenvalue weighted by atomic mass is 32.2. The lowest BCUT2D eigenvalue weighted by Crippen LogP contribution is -2.37. The number of allylic oxidation sites excluding steroid dienone is 2. The smallest absolute Gasteiger partial charge is 0.417 e. The van der Waals surface area contributed by atoms with Crippen LogP contribution in [0.25, 0.3) is 11.3 Å². The standard InChI is InChI=1S/C38H48F5N5O2S.C4H6O/c1-9-10-31(50-19-23-15-24(49)18-47(23)7)46-35-26(22(6)48(8)30(21(4)5)14-11-20(2)3)16-28(38(41,42)43)33(34(35)40)25-12-13-29(39)36-32(25)27(17-44)37(45)51-36;1-3-4(2)5/h10,12-13,16,20-21,23-24,30,45-46,49H,9,11,14-15,18-19H2,1-8H3;3H,1H2,2H3/b26-22+,31-10-,33-25-,45-37?;. The van der Waals surface area contributed by atoms with E-state index in [-0.39, 0.29) is 73.1 Å². The molecular formula is C42H54F5N5O3S. The summed E-state index contributed by atoms with van der Waals surface area (Å²) in [4.78, 5) is 13.3. The molecule has 2 aliphatic rings. The highest BCUT2D eigenvalue weighted by Crippen LogP contribution is 2.35. The summed E-state index contributed by atoms with van der Waals surface area (Å²) in [7, 11) is 3.65. The number of alkyl halides is 3. The normalized spacial score (nSPS) is 19.0. The highest BCUT2D eigenvalue weighted by Gasteiger charge is 2.36. The molecule has 2 aromatic rings. The molecule has 2 aliphatic heterocycles. The monoisotopic (exact) mass is 803 g/mol. The molecule has 0 radical (unpaired) electrons. The molecule has 0 aliphatic carbocycles. The lowest BCUT2D eigenvalue weighted by atomic mass is 9.93. The second-order valence-electron chi connectivity index (χ2n) is 14.9. The van der Waals surface area contributed by atoms with Gasteiger partial charge in [0.2, 0.25) is 0 Å². The number of nitrogens with zero attached hydrogens (tertiary/aromatic N) is 3. The lowest BCUT2D eigenvalue weighted by Gasteiger charge is -2.35. The number of nitrogens with one attached hydrogen (secondary N) is 2. The number of halogens is 5. The maximum atomic E-state index is 17.4. The largest absolute Gasteiger partial charge is 0.478 e. The minimum absolute atomic E-state index is 0.0185. The van der Waals surface area contributed by atoms with Gasteiger partial charge in [0.15, 0.2) is 17.5 Å². The fraction of sp³-hybridized carbons (Fsp3) is 0.500. The van der Waals surface area contributed by atoms with Crippen molar-refractivity contribution in [3.05, 3.63) is 80.9 Å². The fourth-order valence-electron chi connectivity index (χ4n) is 6.83. The van der Waals surface area contributed by atoms with Crippen LogP contribution >= 0.6 is 11.8 Å². The van der Waals surface area contributed by atoms with E-state index in [1.165, 1.54) is 13.0 Å². The van der Waals surface area contributed by atoms with Gasteiger partial charge in [0, 0.05) is 47.0 Å². The summed E-state index contributed by atoms with van der Waals surface area (Å²) >= 11 is 0.611. The molecule has 2 heterocycles. The summed E-state index contributed by atoms with van der Waals surface area (Å²) in [5.41, 5.74) is -1.50. The Labute approximate surface area is 330 Å². The number of thioether (sulfide) groups is 1. The van der Waals surface area contributed by atoms with Crippen LogP contribution in [-0.2, 0) is 15.7 Å². The molecule has 1 fully saturated rings. The Morgan fingerprint density at radius 3 is 2.36 bits per heavy atom. The molecule has 0 saturated carbocycles. The van der Waals surface area contributed by atoms with Crippen LogP contribution in [0.3, 0.4) is 0 Å². The Morgan fingerprint density at radius 1 is 1.21 bits per heavy atom. The summed E-state index contributed by atoms with van der Waals surface area (Å²) in [5, 5.41) is 29.4. The number of fused-ring (bicyclic) bond motifs is 1. The van der Waals surface area contributed by atoms with Gasteiger partial charge in [-0.25, -0.2) is 8.78 Å². The lowest BCUT2D eigenvalue weighted by molar-refractivity contribution is -0.138. The average Bonchev–Trinajstić information content (AvgIpc) is 3.63. The number of likely N-dealkylation sites (tertiary alicyclic amines) is 1. The minimum atomic E-state index is -5.06. The molecule has 306 valence electrons. The Balaban J connectivity index is 0.00000158. The van der Waals surface area contributed by atoms with Gasteiger partial charge in [-0.1, -0.05) is 59.0 Å². The molecule has 3 N–H and O–H groups in total. The molecule has 0 spiro atoms. The van der Waals surface area contributed by atoms with Crippen molar-refractivity contribution in [2.45, 2.75) is 103 Å². The van der Waals surface area contributed by atoms with E-state index in [2.05, 4.69) is 25.7 Å². The molecule has 1 saturated heterocycles. The van der Waals surface area contributed by atoms with Gasteiger partial charge in [0.1, 0.15) is 23.5 Å². The number of likely N-dealkylation sites (N-methyl/N-ethyl adjacent to an activating group) is 1. The third-order valence-corrected chi connectivity index (χ3v) is 11.0. The van der Waals surface area contributed by atoms with E-state index < -0.39 is 34.7 Å². The maximum absolute atomic E-state index is 17.4. The highest BCUT2D eigenvalue weighted by molar-refractivity contribution is 8.15. The molecule has 0 aromatic heterocycles. The molecule has 14 heteroatoms. The number of anilines is 1. The predicted molar refractivity (Wildman–Crippen MR) is 213 cm³/mol. The first-order chi connectivity index (χ1) is 26.2. The zero-order valence-corrected chi connectivity index (χ0v) is 34.4. The van der Waals surface area contributed by atoms with E-state index in [0.717, 1.165) is 31.0 Å². The van der Waals surface area contributed by atoms with Crippen LogP contribution in [0, 0.1) is 50.6 Å². The van der Waals surface area contributed by atoms with E-state index in [1.54, 1.807) is 20.0 Å². The zero-order chi connectivity index (χ0) is 42.2. The Morgan fingerprint density at radius 2 is 1.86 bits per heavy atom. The average molecular weight is 804 g/mol. The molecule has 0 bridgehead atoms. The SMILES string of the molecule is C=CC(C)=O.CC/C=C(/Nc1c(F)/c(=c2/ccc(F)c3c2=C(C#N)C(=N)S3)c(C(F)(F)F)c/c1=C(/C)N(C)C(CCC(C)C)C(C)C)OCC1CC(O)CN1C. The van der Waals surface area contributed by atoms with Gasteiger partial charge in [-0.15, -0.1) is 0 Å². The van der Waals surface area contributed by atoms with Crippen LogP contribution in [0.15, 0.2) is 47.7 Å². The number of hydrogen-bond donors (Lipinski definition) is 3. The van der Waals surface area contributed by atoms with Crippen molar-refractivity contribution in [2.75, 3.05) is 32.6 Å². The number of hydrogen-bond acceptors (Lipinski definition) is 9. The predicted octanol–water partition coefficient (Wildman–Crippen LogP) is 8.05. The number of carbonyl (C=O) groups is 1. The summed E-state index contributed by atoms with van der Waals surface area (Å²) in [6, 6.07) is 4.47. The van der Waals surface area contributed by atoms with Gasteiger partial charge in [-0.2, -0.15) is 18.4 Å². The summed E-state index contributed by atoms with van der Waals surface area (Å²) in [6.07, 6.45) is -0.0757. The van der Waals surface area contributed by atoms with Gasteiger partial charge in [0.05, 0.1) is 27.8 Å². The molecule has 8 nitrogen and oxygen atoms in total. The number of ether oxygens (including phenoxy) is 1. The van der Waals surface area contributed by atoms with Gasteiger partial charge < -0.3 is 20.1 Å². The van der Waals surface area contributed by atoms with Crippen LogP contribution in [0.4, 0.5) is 27.6 Å². The molecule has 4 rings (SSSR count). The molecule has 0 amide bonds. The van der Waals surface area contributed by atoms with E-state index >= 15 is 17.6 Å². The summed E-state index contributed by atoms with van der Waals surface area (Å²) in [6.45, 7) is 17.1. The van der Waals surface area contributed by atoms with Gasteiger partial charge in [-0.3, -0.25) is 15.1 Å². The van der Waals surface area contributed by atoms with Crippen molar-refractivity contribution in [1.82, 2.24) is 9.80 Å². The van der Waals surface area contributed by atoms with E-state index in [4.69, 9.17) is 10.1 Å². The number of β-amino-alcohol motifs (C(OH)–C–C–N with tert-alkyl or cyclic N) is 1. The minimum Gasteiger partial charge on any atom is -0.478 e. The van der Waals surface area contributed by atoms with Crippen LogP contribution in [0.2, 0.25) is 0 Å². The first-order valence-corrected chi connectivity index (χ1v) is 19.5. The molecule has 3 atom stereocenters. The first kappa shape index (κ1) is 46.2. The van der Waals surface area contributed by atoms with Crippen LogP contribution in [0.5, 0.6) is 0 Å². The summed E-state index contributed by atoms with van der Waals surface area (Å²) in [5.74, 6) is -1.42. The number of aliphatic hydroxyl groups is 1. The number of carbonyl (C=O) groups excluding carboxylic acids is 1. The first-order valence-electron chi connectivity index (χ1n) is 18.7. The van der Waals surface area contributed by atoms with Gasteiger partial charge in [-0.05, 0) is 87.9 Å². The van der Waals surface area contributed by atoms with E-state index in [9.17, 15) is 19.6 Å². The van der Waals surface area contributed by atoms with E-state index in [1.807, 2.05) is 43.7 Å². The zero-order valence-electron chi connectivity index (χ0n) is 33.6. The molecule has 2 aromatic carbocycles. The maximum Gasteiger partial charge on any atom is 0.417 e. The Bertz CT molecular complexity index is 2090. The Kier molecular flexibility index (Phi) is 16.3. The van der Waals surface area contributed by atoms with Gasteiger partial charge in [0.25, 0.3) is 0 Å². The van der Waals surface area contributed by atoms with Crippen molar-refractivity contribution in [1.29, 1.82) is 10.7 Å². The quantitative estimate of drug-likeness (QED) is 0.106. The topological polar surface area (TPSA) is 113 Å². The number of nitriles is 1. The fourth-order valence-corrected chi connectivity index (χ4v) is 7.77. The van der Waals surface area contributed by atoms with Crippen LogP contribution in [0.1, 0.15) is 79.7 Å². The molecule has 3 unspecified atom stereocenters. The van der Waals surface area contributed by atoms with Crippen molar-refractivity contribution < 1.29 is 36.6 Å². The third kappa shape index (κ3) is 11.0. The summed E-state index contributed by atoms with van der Waals surface area (Å²) < 4.78 is 84.0. The van der Waals surface area contributed by atoms with Gasteiger partial charge >= 0.3 is 6.18 Å². The van der Waals surface area contributed by atoms with Crippen molar-refractivity contribution >= 4 is 39.5 Å². The van der Waals surface area contributed by atoms with Crippen LogP contribution < -0.4 is 15.8 Å². The number of rotatable bonds is 13. The van der Waals surface area contributed by atoms with Crippen molar-refractivity contribution in [2.24, 2.45) is 11.8 Å². The number of benzene rings is 2. The van der Waals surface area contributed by atoms with Crippen molar-refractivity contribution in [3.63, 3.8) is 0 Å². The molecular weight excluding hydrogens is 750 g/mol. The van der Waals surface area contributed by atoms with Crippen molar-refractivity contribution in [3.8, 4) is 6.07 Å². The number of aliphatic hydroxyl groups excluding tert-OH is 1.